The van der Waals surface area contributed by atoms with Gasteiger partial charge in [0.2, 0.25) is 0 Å². The van der Waals surface area contributed by atoms with Gasteiger partial charge in [-0.05, 0) is 0 Å². The highest BCUT2D eigenvalue weighted by Crippen LogP contribution is 2.44. The first kappa shape index (κ1) is 16.3. The van der Waals surface area contributed by atoms with Crippen LogP contribution >= 0.6 is 12.6 Å². The molecular weight excluding hydrogens is 299 g/mol. The first-order chi connectivity index (χ1) is 9.17. The van der Waals surface area contributed by atoms with E-state index in [0.717, 1.165) is 0 Å². The van der Waals surface area contributed by atoms with Crippen LogP contribution in [0.4, 0.5) is 4.39 Å². The summed E-state index contributed by atoms with van der Waals surface area (Å²) in [4.78, 5) is -2.32. The van der Waals surface area contributed by atoms with Crippen molar-refractivity contribution in [3.05, 3.63) is 0 Å². The molecule has 0 aromatic rings. The fourth-order valence-electron chi connectivity index (χ4n) is 2.46. The molecule has 0 bridgehead atoms. The van der Waals surface area contributed by atoms with E-state index < -0.39 is 60.6 Å². The summed E-state index contributed by atoms with van der Waals surface area (Å²) in [6, 6.07) is 0. The van der Waals surface area contributed by atoms with Gasteiger partial charge in [0.15, 0.2) is 4.93 Å². The van der Waals surface area contributed by atoms with Crippen LogP contribution in [0.5, 0.6) is 0 Å². The number of hydrogen-bond donors (Lipinski definition) is 7. The lowest BCUT2D eigenvalue weighted by Crippen LogP contribution is -2.56. The molecule has 0 aliphatic carbocycles. The summed E-state index contributed by atoms with van der Waals surface area (Å²) in [7, 11) is 0. The van der Waals surface area contributed by atoms with Gasteiger partial charge in [0.1, 0.15) is 36.6 Å². The van der Waals surface area contributed by atoms with Crippen molar-refractivity contribution in [2.24, 2.45) is 0 Å². The number of aliphatic hydroxyl groups excluding tert-OH is 4. The fourth-order valence-corrected chi connectivity index (χ4v) is 2.82. The molecule has 2 heterocycles. The highest BCUT2D eigenvalue weighted by Gasteiger charge is 2.66. The Morgan fingerprint density at radius 2 is 1.40 bits per heavy atom. The highest BCUT2D eigenvalue weighted by molar-refractivity contribution is 7.81. The standard InChI is InChI=1S/C10H17FO8S/c11-9(16)5(14)3(1-12)18-7(9)8-10(17,20)6(15)4(2-13)19-8/h3-8,12-17,20H,1-2H2/t3-,4-,5-,6-,7?,8?,9-,10+/m1/s1. The maximum Gasteiger partial charge on any atom is 0.264 e. The van der Waals surface area contributed by atoms with Crippen molar-refractivity contribution in [3.8, 4) is 0 Å². The number of halogens is 1. The van der Waals surface area contributed by atoms with Gasteiger partial charge in [-0.1, -0.05) is 0 Å². The van der Waals surface area contributed by atoms with Crippen LogP contribution < -0.4 is 0 Å². The van der Waals surface area contributed by atoms with E-state index in [9.17, 15) is 24.8 Å². The zero-order valence-electron chi connectivity index (χ0n) is 10.2. The molecule has 2 rings (SSSR count). The van der Waals surface area contributed by atoms with Gasteiger partial charge in [-0.2, -0.15) is 0 Å². The first-order valence-electron chi connectivity index (χ1n) is 5.92. The molecule has 2 unspecified atom stereocenters. The van der Waals surface area contributed by atoms with Crippen molar-refractivity contribution in [1.82, 2.24) is 0 Å². The lowest BCUT2D eigenvalue weighted by Gasteiger charge is -2.32. The summed E-state index contributed by atoms with van der Waals surface area (Å²) in [6.45, 7) is -1.45. The molecule has 6 N–H and O–H groups in total. The normalized spacial score (nSPS) is 56.4. The van der Waals surface area contributed by atoms with Gasteiger partial charge in [-0.25, -0.2) is 4.39 Å². The van der Waals surface area contributed by atoms with E-state index in [1.165, 1.54) is 0 Å². The lowest BCUT2D eigenvalue weighted by molar-refractivity contribution is -0.213. The van der Waals surface area contributed by atoms with Gasteiger partial charge in [-0.15, -0.1) is 12.6 Å². The van der Waals surface area contributed by atoms with Crippen molar-refractivity contribution in [2.75, 3.05) is 13.2 Å². The molecule has 8 atom stereocenters. The topological polar surface area (TPSA) is 140 Å². The van der Waals surface area contributed by atoms with Crippen LogP contribution in [0.3, 0.4) is 0 Å². The maximum atomic E-state index is 14.2. The molecule has 0 aromatic heterocycles. The summed E-state index contributed by atoms with van der Waals surface area (Å²) in [5.74, 6) is -3.32. The van der Waals surface area contributed by atoms with Crippen molar-refractivity contribution in [3.63, 3.8) is 0 Å². The largest absolute Gasteiger partial charge is 0.394 e. The third-order valence-corrected chi connectivity index (χ3v) is 4.17. The average Bonchev–Trinajstić information content (AvgIpc) is 2.74. The molecule has 0 aromatic carbocycles. The molecule has 2 saturated heterocycles. The lowest BCUT2D eigenvalue weighted by atomic mass is 9.96. The molecule has 118 valence electrons. The third-order valence-electron chi connectivity index (χ3n) is 3.65. The van der Waals surface area contributed by atoms with E-state index in [2.05, 4.69) is 12.6 Å². The minimum atomic E-state index is -3.32. The van der Waals surface area contributed by atoms with Crippen LogP contribution in [0.1, 0.15) is 0 Å². The molecule has 0 spiro atoms. The molecule has 2 aliphatic rings. The second kappa shape index (κ2) is 5.30. The van der Waals surface area contributed by atoms with Crippen molar-refractivity contribution >= 4 is 12.6 Å². The highest BCUT2D eigenvalue weighted by atomic mass is 32.1. The number of alkyl halides is 1. The molecule has 8 nitrogen and oxygen atoms in total. The summed E-state index contributed by atoms with van der Waals surface area (Å²) < 4.78 is 24.2. The minimum Gasteiger partial charge on any atom is -0.394 e. The Labute approximate surface area is 118 Å². The number of rotatable bonds is 3. The molecule has 0 radical (unpaired) electrons. The quantitative estimate of drug-likeness (QED) is 0.210. The predicted octanol–water partition coefficient (Wildman–Crippen LogP) is -3.50. The van der Waals surface area contributed by atoms with Crippen molar-refractivity contribution in [1.29, 1.82) is 0 Å². The van der Waals surface area contributed by atoms with Gasteiger partial charge in [0.05, 0.1) is 13.2 Å². The first-order valence-corrected chi connectivity index (χ1v) is 6.37. The third kappa shape index (κ3) is 2.25. The smallest absolute Gasteiger partial charge is 0.264 e. The fraction of sp³-hybridized carbons (Fsp3) is 1.00. The van der Waals surface area contributed by atoms with E-state index in [-0.39, 0.29) is 0 Å². The molecule has 2 fully saturated rings. The maximum absolute atomic E-state index is 14.2. The number of hydrogen-bond acceptors (Lipinski definition) is 9. The Morgan fingerprint density at radius 1 is 0.950 bits per heavy atom. The van der Waals surface area contributed by atoms with E-state index in [0.29, 0.717) is 0 Å². The molecular formula is C10H17FO8S. The second-order valence-corrected chi connectivity index (χ2v) is 5.67. The zero-order valence-corrected chi connectivity index (χ0v) is 11.1. The molecule has 10 heteroatoms. The van der Waals surface area contributed by atoms with E-state index in [4.69, 9.17) is 19.7 Å². The summed E-state index contributed by atoms with van der Waals surface area (Å²) in [5, 5.41) is 56.9. The van der Waals surface area contributed by atoms with Crippen LogP contribution in [0, 0.1) is 0 Å². The number of ether oxygens (including phenoxy) is 2. The van der Waals surface area contributed by atoms with E-state index in [1.807, 2.05) is 0 Å². The van der Waals surface area contributed by atoms with Crippen molar-refractivity contribution in [2.45, 2.75) is 47.4 Å². The minimum absolute atomic E-state index is 0.677. The van der Waals surface area contributed by atoms with Crippen LogP contribution in [0.2, 0.25) is 0 Å². The van der Waals surface area contributed by atoms with Gasteiger partial charge in [0.25, 0.3) is 5.85 Å². The Balaban J connectivity index is 2.27. The van der Waals surface area contributed by atoms with E-state index >= 15 is 0 Å². The Kier molecular flexibility index (Phi) is 4.33. The predicted molar refractivity (Wildman–Crippen MR) is 63.5 cm³/mol. The molecule has 2 aliphatic heterocycles. The van der Waals surface area contributed by atoms with Gasteiger partial charge < -0.3 is 40.1 Å². The summed E-state index contributed by atoms with van der Waals surface area (Å²) >= 11 is 3.76. The van der Waals surface area contributed by atoms with Gasteiger partial charge >= 0.3 is 0 Å². The Bertz CT molecular complexity index is 333. The summed E-state index contributed by atoms with van der Waals surface area (Å²) in [5.41, 5.74) is 0. The van der Waals surface area contributed by atoms with Crippen LogP contribution in [-0.2, 0) is 9.47 Å². The van der Waals surface area contributed by atoms with Gasteiger partial charge in [0, 0.05) is 0 Å². The molecule has 0 amide bonds. The van der Waals surface area contributed by atoms with Crippen LogP contribution in [-0.4, -0.2) is 91.3 Å². The number of aliphatic hydroxyl groups is 6. The average molecular weight is 316 g/mol. The second-order valence-electron chi connectivity index (χ2n) is 4.96. The molecule has 20 heavy (non-hydrogen) atoms. The molecule has 0 saturated carbocycles. The summed E-state index contributed by atoms with van der Waals surface area (Å²) in [6.07, 6.45) is -9.97. The zero-order chi connectivity index (χ0) is 15.3. The Morgan fingerprint density at radius 3 is 1.80 bits per heavy atom. The number of thiol groups is 1. The van der Waals surface area contributed by atoms with Crippen molar-refractivity contribution < 1.29 is 44.5 Å². The Hall–Kier alpha value is -0.0400. The SMILES string of the molecule is OC[C@H]1OC(C2O[C@H](CO)[C@@H](O)[C@]2(O)S)[C@@](O)(F)[C@@H]1O. The monoisotopic (exact) mass is 316 g/mol. The van der Waals surface area contributed by atoms with Gasteiger partial charge in [-0.3, -0.25) is 0 Å². The van der Waals surface area contributed by atoms with Crippen LogP contribution in [0.15, 0.2) is 0 Å². The van der Waals surface area contributed by atoms with E-state index in [1.54, 1.807) is 0 Å². The van der Waals surface area contributed by atoms with Crippen LogP contribution in [0.25, 0.3) is 0 Å².